The van der Waals surface area contributed by atoms with Gasteiger partial charge in [-0.15, -0.1) is 0 Å². The van der Waals surface area contributed by atoms with Crippen molar-refractivity contribution in [3.63, 3.8) is 0 Å². The van der Waals surface area contributed by atoms with Crippen LogP contribution >= 0.6 is 0 Å². The molecule has 0 aliphatic carbocycles. The molecule has 2 aromatic carbocycles. The van der Waals surface area contributed by atoms with E-state index in [1.54, 1.807) is 36.5 Å². The molecular weight excluding hydrogens is 352 g/mol. The fourth-order valence-electron chi connectivity index (χ4n) is 2.92. The van der Waals surface area contributed by atoms with Crippen LogP contribution in [0.25, 0.3) is 0 Å². The third-order valence-corrected chi connectivity index (χ3v) is 3.94. The number of aromatic nitrogens is 1. The molecule has 3 rings (SSSR count). The molecule has 1 heterocycles. The number of nitrogens with one attached hydrogen (secondary N) is 3. The average molecular weight is 374 g/mol. The van der Waals surface area contributed by atoms with Gasteiger partial charge in [0.15, 0.2) is 0 Å². The molecule has 0 radical (unpaired) electrons. The van der Waals surface area contributed by atoms with E-state index in [1.165, 1.54) is 6.92 Å². The molecule has 0 fully saturated rings. The predicted octanol–water partition coefficient (Wildman–Crippen LogP) is 4.65. The number of hydrogen-bond acceptors (Lipinski definition) is 4. The van der Waals surface area contributed by atoms with Gasteiger partial charge in [0.1, 0.15) is 5.69 Å². The van der Waals surface area contributed by atoms with Crippen molar-refractivity contribution in [2.45, 2.75) is 20.8 Å². The van der Waals surface area contributed by atoms with Crippen molar-refractivity contribution < 1.29 is 9.59 Å². The normalized spacial score (nSPS) is 10.2. The van der Waals surface area contributed by atoms with Crippen LogP contribution in [-0.4, -0.2) is 16.8 Å². The molecule has 6 nitrogen and oxygen atoms in total. The molecule has 3 N–H and O–H groups in total. The summed E-state index contributed by atoms with van der Waals surface area (Å²) in [7, 11) is 0. The number of carbonyl (C=O) groups excluding carboxylic acids is 2. The molecule has 0 unspecified atom stereocenters. The smallest absolute Gasteiger partial charge is 0.274 e. The van der Waals surface area contributed by atoms with Gasteiger partial charge in [0, 0.05) is 35.9 Å². The van der Waals surface area contributed by atoms with Crippen LogP contribution < -0.4 is 16.0 Å². The van der Waals surface area contributed by atoms with E-state index in [-0.39, 0.29) is 11.8 Å². The zero-order valence-electron chi connectivity index (χ0n) is 16.0. The maximum absolute atomic E-state index is 12.6. The van der Waals surface area contributed by atoms with E-state index in [0.717, 1.165) is 22.5 Å². The van der Waals surface area contributed by atoms with Gasteiger partial charge < -0.3 is 16.0 Å². The Morgan fingerprint density at radius 2 is 1.46 bits per heavy atom. The lowest BCUT2D eigenvalue weighted by molar-refractivity contribution is -0.114. The molecule has 0 aliphatic rings. The minimum absolute atomic E-state index is 0.171. The molecule has 0 saturated carbocycles. The Balaban J connectivity index is 1.74. The van der Waals surface area contributed by atoms with Gasteiger partial charge in [0.05, 0.1) is 0 Å². The van der Waals surface area contributed by atoms with E-state index >= 15 is 0 Å². The molecule has 0 aliphatic heterocycles. The third-order valence-electron chi connectivity index (χ3n) is 3.94. The van der Waals surface area contributed by atoms with Gasteiger partial charge in [-0.1, -0.05) is 12.1 Å². The molecule has 0 spiro atoms. The number of carbonyl (C=O) groups is 2. The fraction of sp³-hybridized carbons (Fsp3) is 0.136. The van der Waals surface area contributed by atoms with Crippen molar-refractivity contribution in [2.24, 2.45) is 0 Å². The largest absolute Gasteiger partial charge is 0.355 e. The molecule has 28 heavy (non-hydrogen) atoms. The van der Waals surface area contributed by atoms with Gasteiger partial charge in [-0.05, 0) is 67.4 Å². The highest BCUT2D eigenvalue weighted by Crippen LogP contribution is 2.21. The SMILES string of the molecule is CC(=O)Nc1cccc(NC(=O)c2cc(Nc3cc(C)cc(C)c3)ccn2)c1. The van der Waals surface area contributed by atoms with Crippen molar-refractivity contribution >= 4 is 34.6 Å². The first-order valence-corrected chi connectivity index (χ1v) is 8.89. The minimum Gasteiger partial charge on any atom is -0.355 e. The van der Waals surface area contributed by atoms with Gasteiger partial charge >= 0.3 is 0 Å². The number of nitrogens with zero attached hydrogens (tertiary/aromatic N) is 1. The Morgan fingerprint density at radius 3 is 2.14 bits per heavy atom. The summed E-state index contributed by atoms with van der Waals surface area (Å²) < 4.78 is 0. The van der Waals surface area contributed by atoms with Crippen molar-refractivity contribution in [3.8, 4) is 0 Å². The van der Waals surface area contributed by atoms with E-state index in [2.05, 4.69) is 27.0 Å². The predicted molar refractivity (Wildman–Crippen MR) is 112 cm³/mol. The Bertz CT molecular complexity index is 1010. The van der Waals surface area contributed by atoms with Crippen LogP contribution in [-0.2, 0) is 4.79 Å². The second-order valence-corrected chi connectivity index (χ2v) is 6.65. The maximum atomic E-state index is 12.6. The zero-order valence-corrected chi connectivity index (χ0v) is 16.0. The summed E-state index contributed by atoms with van der Waals surface area (Å²) >= 11 is 0. The van der Waals surface area contributed by atoms with Gasteiger partial charge in [0.2, 0.25) is 5.91 Å². The van der Waals surface area contributed by atoms with Gasteiger partial charge in [-0.3, -0.25) is 14.6 Å². The van der Waals surface area contributed by atoms with Gasteiger partial charge in [0.25, 0.3) is 5.91 Å². The number of amides is 2. The van der Waals surface area contributed by atoms with Crippen LogP contribution in [0, 0.1) is 13.8 Å². The summed E-state index contributed by atoms with van der Waals surface area (Å²) in [5, 5.41) is 8.80. The standard InChI is InChI=1S/C22H22N4O2/c1-14-9-15(2)11-20(10-14)25-19-7-8-23-21(13-19)22(28)26-18-6-4-5-17(12-18)24-16(3)27/h4-13H,1-3H3,(H,23,25)(H,24,27)(H,26,28). The number of benzene rings is 2. The zero-order chi connectivity index (χ0) is 20.1. The highest BCUT2D eigenvalue weighted by atomic mass is 16.2. The highest BCUT2D eigenvalue weighted by molar-refractivity contribution is 6.03. The van der Waals surface area contributed by atoms with Crippen molar-refractivity contribution in [2.75, 3.05) is 16.0 Å². The number of anilines is 4. The topological polar surface area (TPSA) is 83.1 Å². The molecule has 0 saturated heterocycles. The monoisotopic (exact) mass is 374 g/mol. The number of pyridine rings is 1. The average Bonchev–Trinajstić information content (AvgIpc) is 2.61. The van der Waals surface area contributed by atoms with E-state index in [9.17, 15) is 9.59 Å². The Labute approximate surface area is 164 Å². The maximum Gasteiger partial charge on any atom is 0.274 e. The number of aryl methyl sites for hydroxylation is 2. The Morgan fingerprint density at radius 1 is 0.786 bits per heavy atom. The summed E-state index contributed by atoms with van der Waals surface area (Å²) in [6.07, 6.45) is 1.59. The van der Waals surface area contributed by atoms with Crippen LogP contribution in [0.2, 0.25) is 0 Å². The van der Waals surface area contributed by atoms with Crippen LogP contribution in [0.1, 0.15) is 28.5 Å². The number of rotatable bonds is 5. The van der Waals surface area contributed by atoms with Gasteiger partial charge in [-0.2, -0.15) is 0 Å². The lowest BCUT2D eigenvalue weighted by Gasteiger charge is -2.11. The quantitative estimate of drug-likeness (QED) is 0.607. The first-order chi connectivity index (χ1) is 13.4. The summed E-state index contributed by atoms with van der Waals surface area (Å²) in [5.74, 6) is -0.501. The van der Waals surface area contributed by atoms with Gasteiger partial charge in [-0.25, -0.2) is 0 Å². The summed E-state index contributed by atoms with van der Waals surface area (Å²) in [6, 6.07) is 16.7. The number of hydrogen-bond donors (Lipinski definition) is 3. The van der Waals surface area contributed by atoms with E-state index in [4.69, 9.17) is 0 Å². The molecule has 6 heteroatoms. The molecule has 142 valence electrons. The molecular formula is C22H22N4O2. The Kier molecular flexibility index (Phi) is 5.69. The molecule has 0 atom stereocenters. The molecule has 0 bridgehead atoms. The fourth-order valence-corrected chi connectivity index (χ4v) is 2.92. The minimum atomic E-state index is -0.330. The van der Waals surface area contributed by atoms with Crippen molar-refractivity contribution in [1.29, 1.82) is 0 Å². The van der Waals surface area contributed by atoms with E-state index in [0.29, 0.717) is 17.1 Å². The van der Waals surface area contributed by atoms with E-state index < -0.39 is 0 Å². The lowest BCUT2D eigenvalue weighted by Crippen LogP contribution is -2.14. The van der Waals surface area contributed by atoms with Crippen LogP contribution in [0.15, 0.2) is 60.8 Å². The summed E-state index contributed by atoms with van der Waals surface area (Å²) in [5.41, 5.74) is 5.53. The summed E-state index contributed by atoms with van der Waals surface area (Å²) in [4.78, 5) is 27.9. The van der Waals surface area contributed by atoms with Crippen LogP contribution in [0.5, 0.6) is 0 Å². The molecule has 1 aromatic heterocycles. The van der Waals surface area contributed by atoms with Crippen molar-refractivity contribution in [1.82, 2.24) is 4.98 Å². The lowest BCUT2D eigenvalue weighted by atomic mass is 10.1. The van der Waals surface area contributed by atoms with Crippen LogP contribution in [0.4, 0.5) is 22.7 Å². The molecule has 3 aromatic rings. The first kappa shape index (κ1) is 19.1. The summed E-state index contributed by atoms with van der Waals surface area (Å²) in [6.45, 7) is 5.51. The molecule has 2 amide bonds. The highest BCUT2D eigenvalue weighted by Gasteiger charge is 2.09. The van der Waals surface area contributed by atoms with Crippen LogP contribution in [0.3, 0.4) is 0 Å². The second-order valence-electron chi connectivity index (χ2n) is 6.65. The second kappa shape index (κ2) is 8.35. The Hall–Kier alpha value is -3.67. The van der Waals surface area contributed by atoms with E-state index in [1.807, 2.05) is 32.0 Å². The third kappa shape index (κ3) is 5.17. The first-order valence-electron chi connectivity index (χ1n) is 8.89. The van der Waals surface area contributed by atoms with Crippen molar-refractivity contribution in [3.05, 3.63) is 77.6 Å².